The van der Waals surface area contributed by atoms with Crippen LogP contribution in [0.4, 0.5) is 0 Å². The maximum absolute atomic E-state index is 10.9. The van der Waals surface area contributed by atoms with Gasteiger partial charge in [-0.3, -0.25) is 9.48 Å². The van der Waals surface area contributed by atoms with Gasteiger partial charge >= 0.3 is 11.9 Å². The largest absolute Gasteiger partial charge is 0.481 e. The van der Waals surface area contributed by atoms with Crippen molar-refractivity contribution in [1.82, 2.24) is 9.78 Å². The van der Waals surface area contributed by atoms with Crippen molar-refractivity contribution in [3.05, 3.63) is 23.0 Å². The number of carboxylic acids is 2. The highest BCUT2D eigenvalue weighted by atomic mass is 16.4. The van der Waals surface area contributed by atoms with Crippen molar-refractivity contribution in [3.63, 3.8) is 0 Å². The van der Waals surface area contributed by atoms with Crippen molar-refractivity contribution in [2.75, 3.05) is 0 Å². The predicted molar refractivity (Wildman–Crippen MR) is 56.2 cm³/mol. The maximum Gasteiger partial charge on any atom is 0.354 e. The minimum Gasteiger partial charge on any atom is -0.481 e. The molecule has 0 aliphatic heterocycles. The van der Waals surface area contributed by atoms with Gasteiger partial charge in [0.15, 0.2) is 5.69 Å². The predicted octanol–water partition coefficient (Wildman–Crippen LogP) is 0.915. The summed E-state index contributed by atoms with van der Waals surface area (Å²) in [6.45, 7) is 1.67. The first-order valence-corrected chi connectivity index (χ1v) is 4.58. The highest BCUT2D eigenvalue weighted by Crippen LogP contribution is 2.15. The molecule has 0 unspecified atom stereocenters. The van der Waals surface area contributed by atoms with Gasteiger partial charge in [0, 0.05) is 12.6 Å². The number of rotatable bonds is 4. The molecule has 1 aromatic rings. The van der Waals surface area contributed by atoms with Gasteiger partial charge in [-0.1, -0.05) is 12.2 Å². The highest BCUT2D eigenvalue weighted by molar-refractivity contribution is 5.91. The molecule has 0 aliphatic rings. The second-order valence-corrected chi connectivity index (χ2v) is 3.28. The Labute approximate surface area is 91.8 Å². The third-order valence-electron chi connectivity index (χ3n) is 2.05. The molecule has 6 nitrogen and oxygen atoms in total. The van der Waals surface area contributed by atoms with Gasteiger partial charge in [0.1, 0.15) is 0 Å². The fourth-order valence-corrected chi connectivity index (χ4v) is 1.41. The number of nitrogens with zero attached hydrogens (tertiary/aromatic N) is 2. The summed E-state index contributed by atoms with van der Waals surface area (Å²) in [5, 5.41) is 21.4. The van der Waals surface area contributed by atoms with Crippen LogP contribution in [0.3, 0.4) is 0 Å². The van der Waals surface area contributed by atoms with E-state index in [4.69, 9.17) is 10.2 Å². The van der Waals surface area contributed by atoms with E-state index < -0.39 is 11.9 Å². The van der Waals surface area contributed by atoms with E-state index in [1.807, 2.05) is 0 Å². The molecule has 0 fully saturated rings. The van der Waals surface area contributed by atoms with Crippen molar-refractivity contribution in [3.8, 4) is 0 Å². The van der Waals surface area contributed by atoms with E-state index in [1.165, 1.54) is 23.9 Å². The van der Waals surface area contributed by atoms with Crippen molar-refractivity contribution >= 4 is 18.0 Å². The maximum atomic E-state index is 10.9. The number of hydrogen-bond donors (Lipinski definition) is 2. The van der Waals surface area contributed by atoms with E-state index in [2.05, 4.69) is 5.10 Å². The van der Waals surface area contributed by atoms with Gasteiger partial charge in [-0.05, 0) is 6.92 Å². The smallest absolute Gasteiger partial charge is 0.354 e. The number of aromatic nitrogens is 2. The molecule has 1 heterocycles. The fourth-order valence-electron chi connectivity index (χ4n) is 1.41. The third kappa shape index (κ3) is 2.47. The summed E-state index contributed by atoms with van der Waals surface area (Å²) in [7, 11) is 1.53. The molecular formula is C10H12N2O4. The standard InChI is InChI=1S/C10H12N2O4/c1-6-7(4-3-5-8(13)14)9(10(15)16)12(2)11-6/h3-4H,5H2,1-2H3,(H,13,14)(H,15,16). The molecule has 0 bridgehead atoms. The molecule has 0 saturated heterocycles. The molecule has 2 N–H and O–H groups in total. The third-order valence-corrected chi connectivity index (χ3v) is 2.05. The van der Waals surface area contributed by atoms with Crippen LogP contribution in [-0.4, -0.2) is 31.9 Å². The quantitative estimate of drug-likeness (QED) is 0.793. The van der Waals surface area contributed by atoms with Crippen LogP contribution in [-0.2, 0) is 11.8 Å². The Kier molecular flexibility index (Phi) is 3.44. The Bertz CT molecular complexity index is 460. The van der Waals surface area contributed by atoms with Crippen molar-refractivity contribution in [2.24, 2.45) is 7.05 Å². The number of hydrogen-bond acceptors (Lipinski definition) is 3. The second-order valence-electron chi connectivity index (χ2n) is 3.28. The lowest BCUT2D eigenvalue weighted by molar-refractivity contribution is -0.135. The van der Waals surface area contributed by atoms with Gasteiger partial charge in [-0.25, -0.2) is 4.79 Å². The minimum absolute atomic E-state index is 0.0548. The molecule has 86 valence electrons. The normalized spacial score (nSPS) is 10.9. The molecule has 0 aliphatic carbocycles. The highest BCUT2D eigenvalue weighted by Gasteiger charge is 2.16. The Hall–Kier alpha value is -2.11. The molecule has 0 saturated carbocycles. The molecule has 6 heteroatoms. The summed E-state index contributed by atoms with van der Waals surface area (Å²) >= 11 is 0. The first kappa shape index (κ1) is 12.0. The lowest BCUT2D eigenvalue weighted by atomic mass is 10.1. The molecule has 0 radical (unpaired) electrons. The van der Waals surface area contributed by atoms with Crippen molar-refractivity contribution in [2.45, 2.75) is 13.3 Å². The lowest BCUT2D eigenvalue weighted by Crippen LogP contribution is -2.06. The molecular weight excluding hydrogens is 212 g/mol. The van der Waals surface area contributed by atoms with Gasteiger partial charge in [0.2, 0.25) is 0 Å². The van der Waals surface area contributed by atoms with Gasteiger partial charge in [-0.15, -0.1) is 0 Å². The zero-order valence-electron chi connectivity index (χ0n) is 8.97. The average molecular weight is 224 g/mol. The van der Waals surface area contributed by atoms with Crippen molar-refractivity contribution in [1.29, 1.82) is 0 Å². The molecule has 0 aromatic carbocycles. The molecule has 1 rings (SSSR count). The van der Waals surface area contributed by atoms with E-state index in [-0.39, 0.29) is 12.1 Å². The minimum atomic E-state index is -1.09. The lowest BCUT2D eigenvalue weighted by Gasteiger charge is -1.96. The topological polar surface area (TPSA) is 92.4 Å². The number of aliphatic carboxylic acids is 1. The van der Waals surface area contributed by atoms with Crippen LogP contribution in [0.5, 0.6) is 0 Å². The average Bonchev–Trinajstić information content (AvgIpc) is 2.40. The van der Waals surface area contributed by atoms with E-state index in [0.29, 0.717) is 11.3 Å². The van der Waals surface area contributed by atoms with Gasteiger partial charge in [0.25, 0.3) is 0 Å². The molecule has 0 atom stereocenters. The summed E-state index contributed by atoms with van der Waals surface area (Å²) in [6.07, 6.45) is 2.73. The van der Waals surface area contributed by atoms with Crippen LogP contribution in [0, 0.1) is 6.92 Å². The number of carbonyl (C=O) groups is 2. The fraction of sp³-hybridized carbons (Fsp3) is 0.300. The van der Waals surface area contributed by atoms with Crippen LogP contribution in [0.1, 0.15) is 28.2 Å². The van der Waals surface area contributed by atoms with Crippen LogP contribution in [0.25, 0.3) is 6.08 Å². The second kappa shape index (κ2) is 4.61. The Morgan fingerprint density at radius 2 is 2.06 bits per heavy atom. The Morgan fingerprint density at radius 3 is 2.56 bits per heavy atom. The molecule has 1 aromatic heterocycles. The number of aromatic carboxylic acids is 1. The van der Waals surface area contributed by atoms with Crippen LogP contribution in [0.2, 0.25) is 0 Å². The van der Waals surface area contributed by atoms with Gasteiger partial charge in [-0.2, -0.15) is 5.10 Å². The van der Waals surface area contributed by atoms with Crippen LogP contribution in [0.15, 0.2) is 6.08 Å². The summed E-state index contributed by atoms with van der Waals surface area (Å²) in [5.74, 6) is -2.05. The van der Waals surface area contributed by atoms with E-state index in [9.17, 15) is 9.59 Å². The Balaban J connectivity index is 3.07. The molecule has 16 heavy (non-hydrogen) atoms. The number of aryl methyl sites for hydroxylation is 2. The van der Waals surface area contributed by atoms with E-state index in [0.717, 1.165) is 0 Å². The van der Waals surface area contributed by atoms with E-state index >= 15 is 0 Å². The monoisotopic (exact) mass is 224 g/mol. The molecule has 0 spiro atoms. The van der Waals surface area contributed by atoms with Gasteiger partial charge in [0.05, 0.1) is 12.1 Å². The van der Waals surface area contributed by atoms with Crippen molar-refractivity contribution < 1.29 is 19.8 Å². The van der Waals surface area contributed by atoms with Gasteiger partial charge < -0.3 is 10.2 Å². The summed E-state index contributed by atoms with van der Waals surface area (Å²) in [5.41, 5.74) is 1.05. The summed E-state index contributed by atoms with van der Waals surface area (Å²) < 4.78 is 1.26. The Morgan fingerprint density at radius 1 is 1.44 bits per heavy atom. The zero-order chi connectivity index (χ0) is 12.3. The zero-order valence-corrected chi connectivity index (χ0v) is 8.97. The van der Waals surface area contributed by atoms with Crippen LogP contribution < -0.4 is 0 Å². The first-order chi connectivity index (χ1) is 7.43. The molecule has 0 amide bonds. The summed E-state index contributed by atoms with van der Waals surface area (Å²) in [4.78, 5) is 21.3. The van der Waals surface area contributed by atoms with Crippen LogP contribution >= 0.6 is 0 Å². The first-order valence-electron chi connectivity index (χ1n) is 4.58. The summed E-state index contributed by atoms with van der Waals surface area (Å²) in [6, 6.07) is 0. The van der Waals surface area contributed by atoms with E-state index in [1.54, 1.807) is 6.92 Å². The number of carboxylic acid groups (broad SMARTS) is 2. The SMILES string of the molecule is Cc1nn(C)c(C(=O)O)c1C=CCC(=O)O.